The van der Waals surface area contributed by atoms with Crippen molar-refractivity contribution >= 4 is 5.82 Å². The molecule has 4 nitrogen and oxygen atoms in total. The summed E-state index contributed by atoms with van der Waals surface area (Å²) >= 11 is 0. The van der Waals surface area contributed by atoms with E-state index in [0.717, 1.165) is 0 Å². The summed E-state index contributed by atoms with van der Waals surface area (Å²) < 4.78 is 0. The van der Waals surface area contributed by atoms with Crippen LogP contribution in [-0.4, -0.2) is 15.0 Å². The summed E-state index contributed by atoms with van der Waals surface area (Å²) in [6.07, 6.45) is 1.54. The van der Waals surface area contributed by atoms with Gasteiger partial charge in [0, 0.05) is 0 Å². The van der Waals surface area contributed by atoms with E-state index in [1.807, 2.05) is 13.8 Å². The Morgan fingerprint density at radius 3 is 2.56 bits per heavy atom. The Kier molecular flexibility index (Phi) is 1.38. The van der Waals surface area contributed by atoms with E-state index in [0.29, 0.717) is 11.9 Å². The Bertz CT molecular complexity index is 191. The SMILES string of the molecule is CC(C)n1ncc(N)n1. The van der Waals surface area contributed by atoms with Crippen molar-refractivity contribution in [2.24, 2.45) is 0 Å². The molecule has 50 valence electrons. The molecule has 1 aromatic rings. The van der Waals surface area contributed by atoms with Crippen molar-refractivity contribution in [2.45, 2.75) is 19.9 Å². The van der Waals surface area contributed by atoms with Crippen LogP contribution >= 0.6 is 0 Å². The maximum atomic E-state index is 5.32. The summed E-state index contributed by atoms with van der Waals surface area (Å²) in [4.78, 5) is 1.58. The standard InChI is InChI=1S/C5H10N4/c1-4(2)9-7-3-5(6)8-9/h3-4H,1-2H3,(H2,6,8). The second-order valence-corrected chi connectivity index (χ2v) is 2.18. The van der Waals surface area contributed by atoms with Gasteiger partial charge in [0.2, 0.25) is 0 Å². The van der Waals surface area contributed by atoms with Crippen LogP contribution in [0.1, 0.15) is 19.9 Å². The maximum Gasteiger partial charge on any atom is 0.165 e. The molecular formula is C5H10N4. The third-order valence-corrected chi connectivity index (χ3v) is 0.988. The smallest absolute Gasteiger partial charge is 0.165 e. The molecule has 2 N–H and O–H groups in total. The van der Waals surface area contributed by atoms with Crippen molar-refractivity contribution in [3.05, 3.63) is 6.20 Å². The topological polar surface area (TPSA) is 56.7 Å². The number of hydrogen-bond acceptors (Lipinski definition) is 3. The molecule has 0 fully saturated rings. The van der Waals surface area contributed by atoms with Gasteiger partial charge in [-0.25, -0.2) is 0 Å². The van der Waals surface area contributed by atoms with Gasteiger partial charge < -0.3 is 5.73 Å². The number of hydrogen-bond donors (Lipinski definition) is 1. The van der Waals surface area contributed by atoms with Crippen LogP contribution in [0.4, 0.5) is 5.82 Å². The van der Waals surface area contributed by atoms with Gasteiger partial charge in [-0.15, -0.1) is 5.10 Å². The maximum absolute atomic E-state index is 5.32. The van der Waals surface area contributed by atoms with Gasteiger partial charge in [0.05, 0.1) is 12.2 Å². The number of nitrogens with zero attached hydrogens (tertiary/aromatic N) is 3. The molecule has 0 aromatic carbocycles. The molecule has 0 aliphatic heterocycles. The van der Waals surface area contributed by atoms with Crippen LogP contribution in [-0.2, 0) is 0 Å². The fourth-order valence-electron chi connectivity index (χ4n) is 0.537. The number of nitrogen functional groups attached to an aromatic ring is 1. The molecule has 0 aliphatic carbocycles. The van der Waals surface area contributed by atoms with Gasteiger partial charge in [0.15, 0.2) is 5.82 Å². The molecule has 0 bridgehead atoms. The average Bonchev–Trinajstić information content (AvgIpc) is 2.14. The van der Waals surface area contributed by atoms with Gasteiger partial charge in [-0.05, 0) is 13.8 Å². The van der Waals surface area contributed by atoms with E-state index < -0.39 is 0 Å². The molecule has 1 rings (SSSR count). The van der Waals surface area contributed by atoms with E-state index in [2.05, 4.69) is 10.2 Å². The van der Waals surface area contributed by atoms with Crippen LogP contribution in [0.25, 0.3) is 0 Å². The Morgan fingerprint density at radius 1 is 1.67 bits per heavy atom. The lowest BCUT2D eigenvalue weighted by Crippen LogP contribution is -2.04. The first-order chi connectivity index (χ1) is 4.20. The third-order valence-electron chi connectivity index (χ3n) is 0.988. The summed E-state index contributed by atoms with van der Waals surface area (Å²) in [5.74, 6) is 0.476. The molecule has 0 aliphatic rings. The van der Waals surface area contributed by atoms with Gasteiger partial charge >= 0.3 is 0 Å². The van der Waals surface area contributed by atoms with E-state index >= 15 is 0 Å². The fourth-order valence-corrected chi connectivity index (χ4v) is 0.537. The molecule has 0 radical (unpaired) electrons. The zero-order chi connectivity index (χ0) is 6.85. The molecule has 0 saturated heterocycles. The Balaban J connectivity index is 2.85. The lowest BCUT2D eigenvalue weighted by molar-refractivity contribution is 0.467. The molecule has 0 spiro atoms. The van der Waals surface area contributed by atoms with Crippen LogP contribution in [0.5, 0.6) is 0 Å². The molecule has 0 unspecified atom stereocenters. The number of aromatic nitrogens is 3. The van der Waals surface area contributed by atoms with E-state index in [1.54, 1.807) is 11.0 Å². The van der Waals surface area contributed by atoms with Gasteiger partial charge in [0.1, 0.15) is 0 Å². The lowest BCUT2D eigenvalue weighted by Gasteiger charge is -1.99. The number of nitrogens with two attached hydrogens (primary N) is 1. The van der Waals surface area contributed by atoms with Crippen molar-refractivity contribution in [1.29, 1.82) is 0 Å². The average molecular weight is 126 g/mol. The summed E-state index contributed by atoms with van der Waals surface area (Å²) in [5, 5.41) is 7.79. The second kappa shape index (κ2) is 2.05. The Hall–Kier alpha value is -1.06. The predicted octanol–water partition coefficient (Wildman–Crippen LogP) is 0.441. The lowest BCUT2D eigenvalue weighted by atomic mass is 10.4. The molecule has 0 amide bonds. The highest BCUT2D eigenvalue weighted by molar-refractivity contribution is 5.19. The highest BCUT2D eigenvalue weighted by Crippen LogP contribution is 1.99. The van der Waals surface area contributed by atoms with E-state index in [-0.39, 0.29) is 0 Å². The van der Waals surface area contributed by atoms with Gasteiger partial charge in [0.25, 0.3) is 0 Å². The number of rotatable bonds is 1. The molecule has 9 heavy (non-hydrogen) atoms. The summed E-state index contributed by atoms with van der Waals surface area (Å²) in [5.41, 5.74) is 5.32. The normalized spacial score (nSPS) is 10.6. The number of anilines is 1. The van der Waals surface area contributed by atoms with E-state index in [9.17, 15) is 0 Å². The van der Waals surface area contributed by atoms with Crippen molar-refractivity contribution in [2.75, 3.05) is 5.73 Å². The van der Waals surface area contributed by atoms with Gasteiger partial charge in [-0.1, -0.05) is 0 Å². The van der Waals surface area contributed by atoms with Crippen LogP contribution in [0, 0.1) is 0 Å². The van der Waals surface area contributed by atoms with Crippen molar-refractivity contribution in [1.82, 2.24) is 15.0 Å². The zero-order valence-electron chi connectivity index (χ0n) is 5.57. The summed E-state index contributed by atoms with van der Waals surface area (Å²) in [7, 11) is 0. The van der Waals surface area contributed by atoms with Crippen LogP contribution in [0.15, 0.2) is 6.20 Å². The first kappa shape index (κ1) is 6.07. The van der Waals surface area contributed by atoms with Crippen molar-refractivity contribution in [3.8, 4) is 0 Å². The Morgan fingerprint density at radius 2 is 2.33 bits per heavy atom. The summed E-state index contributed by atoms with van der Waals surface area (Å²) in [6, 6.07) is 0.294. The van der Waals surface area contributed by atoms with E-state index in [1.165, 1.54) is 0 Å². The van der Waals surface area contributed by atoms with Crippen LogP contribution in [0.2, 0.25) is 0 Å². The molecule has 0 saturated carbocycles. The highest BCUT2D eigenvalue weighted by atomic mass is 15.5. The Labute approximate surface area is 53.7 Å². The molecule has 4 heteroatoms. The van der Waals surface area contributed by atoms with E-state index in [4.69, 9.17) is 5.73 Å². The first-order valence-electron chi connectivity index (χ1n) is 2.87. The first-order valence-corrected chi connectivity index (χ1v) is 2.87. The highest BCUT2D eigenvalue weighted by Gasteiger charge is 1.98. The fraction of sp³-hybridized carbons (Fsp3) is 0.600. The van der Waals surface area contributed by atoms with Gasteiger partial charge in [-0.3, -0.25) is 0 Å². The largest absolute Gasteiger partial charge is 0.381 e. The van der Waals surface area contributed by atoms with Crippen molar-refractivity contribution in [3.63, 3.8) is 0 Å². The molecular weight excluding hydrogens is 116 g/mol. The molecule has 0 atom stereocenters. The summed E-state index contributed by atoms with van der Waals surface area (Å²) in [6.45, 7) is 4.00. The molecule has 1 aromatic heterocycles. The minimum atomic E-state index is 0.294. The third kappa shape index (κ3) is 1.19. The predicted molar refractivity (Wildman–Crippen MR) is 34.8 cm³/mol. The van der Waals surface area contributed by atoms with Crippen molar-refractivity contribution < 1.29 is 0 Å². The monoisotopic (exact) mass is 126 g/mol. The zero-order valence-corrected chi connectivity index (χ0v) is 5.57. The minimum Gasteiger partial charge on any atom is -0.381 e. The molecule has 1 heterocycles. The second-order valence-electron chi connectivity index (χ2n) is 2.18. The minimum absolute atomic E-state index is 0.294. The van der Waals surface area contributed by atoms with Crippen LogP contribution < -0.4 is 5.73 Å². The van der Waals surface area contributed by atoms with Gasteiger partial charge in [-0.2, -0.15) is 9.90 Å². The van der Waals surface area contributed by atoms with Crippen LogP contribution in [0.3, 0.4) is 0 Å². The quantitative estimate of drug-likeness (QED) is 0.594.